The van der Waals surface area contributed by atoms with Gasteiger partial charge >= 0.3 is 5.69 Å². The highest BCUT2D eigenvalue weighted by atomic mass is 35.5. The quantitative estimate of drug-likeness (QED) is 0.476. The second kappa shape index (κ2) is 5.26. The van der Waals surface area contributed by atoms with Gasteiger partial charge in [-0.25, -0.2) is 4.98 Å². The molecule has 0 radical (unpaired) electrons. The fourth-order valence-corrected chi connectivity index (χ4v) is 2.52. The van der Waals surface area contributed by atoms with Crippen molar-refractivity contribution < 1.29 is 4.92 Å². The largest absolute Gasteiger partial charge is 0.349 e. The molecule has 2 rings (SSSR count). The Labute approximate surface area is 116 Å². The maximum Gasteiger partial charge on any atom is 0.332 e. The van der Waals surface area contributed by atoms with Crippen molar-refractivity contribution in [3.63, 3.8) is 0 Å². The van der Waals surface area contributed by atoms with Crippen molar-refractivity contribution in [3.8, 4) is 0 Å². The molecule has 0 saturated carbocycles. The fourth-order valence-electron chi connectivity index (χ4n) is 2.31. The van der Waals surface area contributed by atoms with E-state index < -0.39 is 4.92 Å². The normalized spacial score (nSPS) is 19.2. The summed E-state index contributed by atoms with van der Waals surface area (Å²) in [4.78, 5) is 22.7. The number of likely N-dealkylation sites (N-methyl/N-ethyl adjacent to an activating group) is 1. The van der Waals surface area contributed by atoms with Crippen molar-refractivity contribution in [1.82, 2.24) is 14.9 Å². The first kappa shape index (κ1) is 14.0. The Morgan fingerprint density at radius 2 is 2.16 bits per heavy atom. The summed E-state index contributed by atoms with van der Waals surface area (Å²) in [5.74, 6) is 0.326. The predicted octanol–water partition coefficient (Wildman–Crippen LogP) is 1.49. The summed E-state index contributed by atoms with van der Waals surface area (Å²) >= 11 is 5.82. The average molecular weight is 286 g/mol. The number of anilines is 1. The van der Waals surface area contributed by atoms with Crippen molar-refractivity contribution in [2.24, 2.45) is 0 Å². The molecule has 1 aliphatic rings. The fraction of sp³-hybridized carbons (Fsp3) is 0.636. The molecule has 1 atom stereocenters. The molecule has 1 aromatic heterocycles. The predicted molar refractivity (Wildman–Crippen MR) is 72.7 cm³/mol. The lowest BCUT2D eigenvalue weighted by atomic mass is 10.2. The highest BCUT2D eigenvalue weighted by molar-refractivity contribution is 6.28. The summed E-state index contributed by atoms with van der Waals surface area (Å²) in [5.41, 5.74) is 0.247. The second-order valence-electron chi connectivity index (χ2n) is 4.86. The third-order valence-electron chi connectivity index (χ3n) is 3.39. The van der Waals surface area contributed by atoms with Gasteiger partial charge in [-0.05, 0) is 39.0 Å². The van der Waals surface area contributed by atoms with Crippen molar-refractivity contribution in [3.05, 3.63) is 21.1 Å². The Morgan fingerprint density at radius 1 is 1.47 bits per heavy atom. The Balaban J connectivity index is 2.37. The lowest BCUT2D eigenvalue weighted by molar-refractivity contribution is -0.385. The van der Waals surface area contributed by atoms with E-state index in [0.29, 0.717) is 24.1 Å². The Morgan fingerprint density at radius 3 is 2.68 bits per heavy atom. The molecule has 1 unspecified atom stereocenters. The van der Waals surface area contributed by atoms with E-state index in [1.54, 1.807) is 6.92 Å². The standard InChI is InChI=1S/C11H16ClN5O2/c1-7-9(17(18)19)10(14-11(12)13-7)16-5-4-8(6-16)15(2)3/h8H,4-6H2,1-3H3. The third-order valence-corrected chi connectivity index (χ3v) is 3.56. The van der Waals surface area contributed by atoms with Gasteiger partial charge in [0.2, 0.25) is 11.1 Å². The van der Waals surface area contributed by atoms with Gasteiger partial charge in [-0.2, -0.15) is 4.98 Å². The van der Waals surface area contributed by atoms with Gasteiger partial charge in [-0.15, -0.1) is 0 Å². The molecule has 7 nitrogen and oxygen atoms in total. The molecule has 104 valence electrons. The van der Waals surface area contributed by atoms with Crippen molar-refractivity contribution in [1.29, 1.82) is 0 Å². The lowest BCUT2D eigenvalue weighted by Crippen LogP contribution is -2.32. The van der Waals surface area contributed by atoms with Crippen LogP contribution >= 0.6 is 11.6 Å². The van der Waals surface area contributed by atoms with Crippen LogP contribution in [0.1, 0.15) is 12.1 Å². The van der Waals surface area contributed by atoms with Crippen LogP contribution in [0.25, 0.3) is 0 Å². The highest BCUT2D eigenvalue weighted by Crippen LogP contribution is 2.32. The Bertz CT molecular complexity index is 508. The van der Waals surface area contributed by atoms with Crippen LogP contribution in [0.5, 0.6) is 0 Å². The zero-order valence-corrected chi connectivity index (χ0v) is 11.9. The van der Waals surface area contributed by atoms with Crippen molar-refractivity contribution in [2.45, 2.75) is 19.4 Å². The summed E-state index contributed by atoms with van der Waals surface area (Å²) in [7, 11) is 4.00. The van der Waals surface area contributed by atoms with Gasteiger partial charge in [-0.1, -0.05) is 0 Å². The number of aryl methyl sites for hydroxylation is 1. The number of aromatic nitrogens is 2. The summed E-state index contributed by atoms with van der Waals surface area (Å²) in [6.07, 6.45) is 0.949. The van der Waals surface area contributed by atoms with Gasteiger partial charge in [-0.3, -0.25) is 10.1 Å². The van der Waals surface area contributed by atoms with Crippen LogP contribution in [-0.4, -0.2) is 53.0 Å². The number of rotatable bonds is 3. The maximum absolute atomic E-state index is 11.2. The van der Waals surface area contributed by atoms with E-state index in [1.807, 2.05) is 19.0 Å². The molecule has 0 aliphatic carbocycles. The average Bonchev–Trinajstić information content (AvgIpc) is 2.76. The molecule has 1 fully saturated rings. The number of nitrogens with zero attached hydrogens (tertiary/aromatic N) is 5. The summed E-state index contributed by atoms with van der Waals surface area (Å²) < 4.78 is 0. The molecule has 1 saturated heterocycles. The van der Waals surface area contributed by atoms with E-state index in [-0.39, 0.29) is 11.0 Å². The SMILES string of the molecule is Cc1nc(Cl)nc(N2CCC(N(C)C)C2)c1[N+](=O)[O-]. The van der Waals surface area contributed by atoms with Gasteiger partial charge in [0.15, 0.2) is 0 Å². The number of hydrogen-bond donors (Lipinski definition) is 0. The van der Waals surface area contributed by atoms with E-state index in [1.165, 1.54) is 0 Å². The van der Waals surface area contributed by atoms with E-state index in [0.717, 1.165) is 13.0 Å². The monoisotopic (exact) mass is 285 g/mol. The summed E-state index contributed by atoms with van der Waals surface area (Å²) in [6, 6.07) is 0.369. The molecule has 0 spiro atoms. The zero-order valence-electron chi connectivity index (χ0n) is 11.1. The molecule has 2 heterocycles. The van der Waals surface area contributed by atoms with E-state index >= 15 is 0 Å². The molecule has 0 amide bonds. The molecule has 19 heavy (non-hydrogen) atoms. The first-order valence-corrected chi connectivity index (χ1v) is 6.38. The molecule has 8 heteroatoms. The Hall–Kier alpha value is -1.47. The van der Waals surface area contributed by atoms with Crippen LogP contribution in [0.15, 0.2) is 0 Å². The van der Waals surface area contributed by atoms with E-state index in [4.69, 9.17) is 11.6 Å². The van der Waals surface area contributed by atoms with Gasteiger partial charge < -0.3 is 9.80 Å². The molecule has 0 bridgehead atoms. The zero-order chi connectivity index (χ0) is 14.2. The smallest absolute Gasteiger partial charge is 0.332 e. The molecule has 1 aliphatic heterocycles. The van der Waals surface area contributed by atoms with Crippen molar-refractivity contribution in [2.75, 3.05) is 32.1 Å². The summed E-state index contributed by atoms with van der Waals surface area (Å²) in [5, 5.41) is 11.2. The molecular formula is C11H16ClN5O2. The first-order valence-electron chi connectivity index (χ1n) is 6.00. The van der Waals surface area contributed by atoms with Crippen molar-refractivity contribution >= 4 is 23.1 Å². The van der Waals surface area contributed by atoms with Gasteiger partial charge in [0.25, 0.3) is 0 Å². The number of hydrogen-bond acceptors (Lipinski definition) is 6. The van der Waals surface area contributed by atoms with Crippen LogP contribution in [-0.2, 0) is 0 Å². The second-order valence-corrected chi connectivity index (χ2v) is 5.20. The van der Waals surface area contributed by atoms with E-state index in [2.05, 4.69) is 14.9 Å². The van der Waals surface area contributed by atoms with E-state index in [9.17, 15) is 10.1 Å². The van der Waals surface area contributed by atoms with Gasteiger partial charge in [0, 0.05) is 19.1 Å². The number of nitro groups is 1. The van der Waals surface area contributed by atoms with Crippen LogP contribution in [0.2, 0.25) is 5.28 Å². The molecule has 0 N–H and O–H groups in total. The maximum atomic E-state index is 11.2. The first-order chi connectivity index (χ1) is 8.90. The molecule has 0 aromatic carbocycles. The highest BCUT2D eigenvalue weighted by Gasteiger charge is 2.32. The lowest BCUT2D eigenvalue weighted by Gasteiger charge is -2.21. The third kappa shape index (κ3) is 2.76. The molecular weight excluding hydrogens is 270 g/mol. The summed E-state index contributed by atoms with van der Waals surface area (Å²) in [6.45, 7) is 3.02. The van der Waals surface area contributed by atoms with Crippen LogP contribution in [0.3, 0.4) is 0 Å². The van der Waals surface area contributed by atoms with Gasteiger partial charge in [0.1, 0.15) is 5.69 Å². The topological polar surface area (TPSA) is 75.4 Å². The minimum absolute atomic E-state index is 0.0476. The number of halogens is 1. The van der Waals surface area contributed by atoms with Crippen LogP contribution in [0, 0.1) is 17.0 Å². The molecule has 1 aromatic rings. The van der Waals surface area contributed by atoms with Gasteiger partial charge in [0.05, 0.1) is 4.92 Å². The Kier molecular flexibility index (Phi) is 3.86. The minimum Gasteiger partial charge on any atom is -0.349 e. The van der Waals surface area contributed by atoms with Crippen LogP contribution < -0.4 is 4.90 Å². The van der Waals surface area contributed by atoms with Crippen LogP contribution in [0.4, 0.5) is 11.5 Å². The minimum atomic E-state index is -0.440.